The quantitative estimate of drug-likeness (QED) is 0.852. The molecule has 1 aliphatic rings. The lowest BCUT2D eigenvalue weighted by Gasteiger charge is -2.28. The predicted octanol–water partition coefficient (Wildman–Crippen LogP) is 1.22. The minimum absolute atomic E-state index is 0.161. The van der Waals surface area contributed by atoms with Crippen molar-refractivity contribution in [2.24, 2.45) is 0 Å². The van der Waals surface area contributed by atoms with E-state index >= 15 is 0 Å². The number of imidazole rings is 1. The lowest BCUT2D eigenvalue weighted by Crippen LogP contribution is -2.44. The van der Waals surface area contributed by atoms with Gasteiger partial charge < -0.3 is 19.9 Å². The van der Waals surface area contributed by atoms with Crippen LogP contribution in [0.5, 0.6) is 0 Å². The Morgan fingerprint density at radius 2 is 2.08 bits per heavy atom. The van der Waals surface area contributed by atoms with Gasteiger partial charge in [-0.15, -0.1) is 0 Å². The zero-order valence-corrected chi connectivity index (χ0v) is 13.5. The minimum Gasteiger partial charge on any atom is -0.467 e. The summed E-state index contributed by atoms with van der Waals surface area (Å²) in [4.78, 5) is 30.8. The molecule has 2 N–H and O–H groups in total. The average molecular weight is 328 g/mol. The molecule has 0 radical (unpaired) electrons. The van der Waals surface area contributed by atoms with Crippen molar-refractivity contribution in [1.29, 1.82) is 0 Å². The number of carbonyl (C=O) groups excluding carboxylic acids is 2. The standard InChI is InChI=1S/C17H20N4O3/c1-24-17(23)13-8-5-9-21(13)16(22)15(12-6-3-2-4-7-12)20-10-14(18)19-11-20/h2-4,6-7,10-11,13,15H,5,8-9,18H2,1H3/t13-,15?/m0/s1. The molecule has 0 bridgehead atoms. The van der Waals surface area contributed by atoms with Crippen molar-refractivity contribution in [3.05, 3.63) is 48.4 Å². The molecule has 1 unspecified atom stereocenters. The lowest BCUT2D eigenvalue weighted by atomic mass is 10.0. The van der Waals surface area contributed by atoms with Gasteiger partial charge in [0, 0.05) is 12.7 Å². The van der Waals surface area contributed by atoms with Crippen LogP contribution in [0.3, 0.4) is 0 Å². The monoisotopic (exact) mass is 328 g/mol. The van der Waals surface area contributed by atoms with E-state index in [1.165, 1.54) is 13.4 Å². The van der Waals surface area contributed by atoms with E-state index in [0.29, 0.717) is 18.8 Å². The number of nitrogens with zero attached hydrogens (tertiary/aromatic N) is 3. The summed E-state index contributed by atoms with van der Waals surface area (Å²) in [7, 11) is 1.34. The summed E-state index contributed by atoms with van der Waals surface area (Å²) in [5.41, 5.74) is 6.53. The predicted molar refractivity (Wildman–Crippen MR) is 88.0 cm³/mol. The van der Waals surface area contributed by atoms with E-state index in [2.05, 4.69) is 4.98 Å². The molecule has 1 aliphatic heterocycles. The van der Waals surface area contributed by atoms with Crippen LogP contribution in [0.25, 0.3) is 0 Å². The number of anilines is 1. The van der Waals surface area contributed by atoms with Crippen molar-refractivity contribution in [3.63, 3.8) is 0 Å². The van der Waals surface area contributed by atoms with Gasteiger partial charge in [-0.3, -0.25) is 4.79 Å². The normalized spacial score (nSPS) is 18.4. The highest BCUT2D eigenvalue weighted by Crippen LogP contribution is 2.27. The number of nitrogens with two attached hydrogens (primary N) is 1. The van der Waals surface area contributed by atoms with E-state index in [1.54, 1.807) is 15.7 Å². The van der Waals surface area contributed by atoms with Crippen molar-refractivity contribution < 1.29 is 14.3 Å². The van der Waals surface area contributed by atoms with Crippen molar-refractivity contribution in [1.82, 2.24) is 14.5 Å². The molecule has 3 rings (SSSR count). The highest BCUT2D eigenvalue weighted by molar-refractivity contribution is 5.89. The van der Waals surface area contributed by atoms with Crippen molar-refractivity contribution in [3.8, 4) is 0 Å². The van der Waals surface area contributed by atoms with Gasteiger partial charge in [0.2, 0.25) is 0 Å². The van der Waals surface area contributed by atoms with Gasteiger partial charge >= 0.3 is 5.97 Å². The summed E-state index contributed by atoms with van der Waals surface area (Å²) in [6, 6.07) is 8.25. The molecule has 1 amide bonds. The smallest absolute Gasteiger partial charge is 0.328 e. The molecule has 0 aliphatic carbocycles. The van der Waals surface area contributed by atoms with Gasteiger partial charge in [-0.05, 0) is 18.4 Å². The van der Waals surface area contributed by atoms with Gasteiger partial charge in [0.15, 0.2) is 0 Å². The first-order chi connectivity index (χ1) is 11.6. The van der Waals surface area contributed by atoms with Crippen LogP contribution in [-0.4, -0.2) is 46.0 Å². The summed E-state index contributed by atoms with van der Waals surface area (Å²) < 4.78 is 6.52. The summed E-state index contributed by atoms with van der Waals surface area (Å²) in [6.07, 6.45) is 4.55. The third kappa shape index (κ3) is 2.97. The fraction of sp³-hybridized carbons (Fsp3) is 0.353. The maximum Gasteiger partial charge on any atom is 0.328 e. The second kappa shape index (κ2) is 6.74. The second-order valence-electron chi connectivity index (χ2n) is 5.77. The van der Waals surface area contributed by atoms with Gasteiger partial charge in [-0.1, -0.05) is 30.3 Å². The van der Waals surface area contributed by atoms with E-state index in [9.17, 15) is 9.59 Å². The molecule has 2 atom stereocenters. The highest BCUT2D eigenvalue weighted by atomic mass is 16.5. The van der Waals surface area contributed by atoms with Crippen molar-refractivity contribution in [2.75, 3.05) is 19.4 Å². The van der Waals surface area contributed by atoms with Gasteiger partial charge in [-0.25, -0.2) is 9.78 Å². The molecular weight excluding hydrogens is 308 g/mol. The van der Waals surface area contributed by atoms with Crippen LogP contribution >= 0.6 is 0 Å². The number of carbonyl (C=O) groups is 2. The molecule has 2 aromatic rings. The number of esters is 1. The number of nitrogen functional groups attached to an aromatic ring is 1. The number of hydrogen-bond acceptors (Lipinski definition) is 5. The zero-order valence-electron chi connectivity index (χ0n) is 13.5. The number of ether oxygens (including phenoxy) is 1. The van der Waals surface area contributed by atoms with Crippen molar-refractivity contribution >= 4 is 17.7 Å². The first-order valence-electron chi connectivity index (χ1n) is 7.84. The molecule has 0 spiro atoms. The highest BCUT2D eigenvalue weighted by Gasteiger charge is 2.38. The number of hydrogen-bond donors (Lipinski definition) is 1. The maximum atomic E-state index is 13.2. The van der Waals surface area contributed by atoms with E-state index in [4.69, 9.17) is 10.5 Å². The maximum absolute atomic E-state index is 13.2. The molecular formula is C17H20N4O3. The third-order valence-corrected chi connectivity index (χ3v) is 4.28. The minimum atomic E-state index is -0.610. The van der Waals surface area contributed by atoms with Crippen LogP contribution in [0.1, 0.15) is 24.4 Å². The molecule has 7 heteroatoms. The summed E-state index contributed by atoms with van der Waals surface area (Å²) >= 11 is 0. The second-order valence-corrected chi connectivity index (χ2v) is 5.77. The van der Waals surface area contributed by atoms with Crippen LogP contribution in [-0.2, 0) is 14.3 Å². The molecule has 1 saturated heterocycles. The SMILES string of the molecule is COC(=O)[C@@H]1CCCN1C(=O)C(c1ccccc1)n1cnc(N)c1. The number of aromatic nitrogens is 2. The van der Waals surface area contributed by atoms with E-state index in [1.807, 2.05) is 30.3 Å². The summed E-state index contributed by atoms with van der Waals surface area (Å²) in [5.74, 6) is -0.195. The number of amides is 1. The van der Waals surface area contributed by atoms with E-state index < -0.39 is 12.1 Å². The Morgan fingerprint density at radius 3 is 2.71 bits per heavy atom. The van der Waals surface area contributed by atoms with E-state index in [-0.39, 0.29) is 11.9 Å². The van der Waals surface area contributed by atoms with Gasteiger partial charge in [0.1, 0.15) is 17.9 Å². The first-order valence-corrected chi connectivity index (χ1v) is 7.84. The molecule has 24 heavy (non-hydrogen) atoms. The summed E-state index contributed by atoms with van der Waals surface area (Å²) in [6.45, 7) is 0.534. The Bertz CT molecular complexity index is 728. The van der Waals surface area contributed by atoms with Crippen LogP contribution in [0.15, 0.2) is 42.9 Å². The van der Waals surface area contributed by atoms with Crippen LogP contribution in [0, 0.1) is 0 Å². The number of rotatable bonds is 4. The first kappa shape index (κ1) is 16.0. The molecule has 1 aromatic carbocycles. The van der Waals surface area contributed by atoms with Gasteiger partial charge in [0.25, 0.3) is 5.91 Å². The van der Waals surface area contributed by atoms with Gasteiger partial charge in [0.05, 0.1) is 13.4 Å². The van der Waals surface area contributed by atoms with Gasteiger partial charge in [-0.2, -0.15) is 0 Å². The Balaban J connectivity index is 1.96. The fourth-order valence-electron chi connectivity index (χ4n) is 3.14. The molecule has 0 saturated carbocycles. The Labute approximate surface area is 140 Å². The third-order valence-electron chi connectivity index (χ3n) is 4.28. The van der Waals surface area contributed by atoms with Crippen LogP contribution in [0.4, 0.5) is 5.82 Å². The molecule has 1 aromatic heterocycles. The zero-order chi connectivity index (χ0) is 17.1. The molecule has 2 heterocycles. The topological polar surface area (TPSA) is 90.5 Å². The average Bonchev–Trinajstić information content (AvgIpc) is 3.24. The number of methoxy groups -OCH3 is 1. The van der Waals surface area contributed by atoms with E-state index in [0.717, 1.165) is 12.0 Å². The largest absolute Gasteiger partial charge is 0.467 e. The summed E-state index contributed by atoms with van der Waals surface area (Å²) in [5, 5.41) is 0. The molecule has 126 valence electrons. The molecule has 1 fully saturated rings. The Kier molecular flexibility index (Phi) is 4.50. The fourth-order valence-corrected chi connectivity index (χ4v) is 3.14. The molecule has 7 nitrogen and oxygen atoms in total. The number of likely N-dealkylation sites (tertiary alicyclic amines) is 1. The Morgan fingerprint density at radius 1 is 1.33 bits per heavy atom. The Hall–Kier alpha value is -2.83. The van der Waals surface area contributed by atoms with Crippen LogP contribution < -0.4 is 5.73 Å². The lowest BCUT2D eigenvalue weighted by molar-refractivity contribution is -0.151. The number of benzene rings is 1. The van der Waals surface area contributed by atoms with Crippen LogP contribution in [0.2, 0.25) is 0 Å². The van der Waals surface area contributed by atoms with Crippen molar-refractivity contribution in [2.45, 2.75) is 24.9 Å².